The number of fused-ring (bicyclic) bond motifs is 1. The summed E-state index contributed by atoms with van der Waals surface area (Å²) in [6, 6.07) is 13.5. The molecule has 0 saturated heterocycles. The van der Waals surface area contributed by atoms with E-state index in [0.29, 0.717) is 24.8 Å². The minimum atomic E-state index is -4.38. The van der Waals surface area contributed by atoms with Crippen molar-refractivity contribution in [3.8, 4) is 11.1 Å². The molecule has 1 aromatic carbocycles. The Kier molecular flexibility index (Phi) is 9.64. The summed E-state index contributed by atoms with van der Waals surface area (Å²) in [4.78, 5) is -0.127. The molecule has 0 aliphatic heterocycles. The van der Waals surface area contributed by atoms with E-state index in [4.69, 9.17) is 0 Å². The van der Waals surface area contributed by atoms with Crippen molar-refractivity contribution >= 4 is 20.1 Å². The van der Waals surface area contributed by atoms with Crippen molar-refractivity contribution < 1.29 is 56.8 Å². The monoisotopic (exact) mass is 503 g/mol. The zero-order chi connectivity index (χ0) is 23.5. The average molecular weight is 504 g/mol. The Morgan fingerprint density at radius 1 is 0.939 bits per heavy atom. The number of hydrogen-bond donors (Lipinski definition) is 2. The Hall–Kier alpha value is -1.33. The van der Waals surface area contributed by atoms with Crippen molar-refractivity contribution in [2.75, 3.05) is 6.54 Å². The van der Waals surface area contributed by atoms with Gasteiger partial charge >= 0.3 is 29.6 Å². The van der Waals surface area contributed by atoms with E-state index in [1.807, 2.05) is 32.0 Å². The van der Waals surface area contributed by atoms with E-state index in [2.05, 4.69) is 4.72 Å². The molecular formula is C23H27FNNaO5S2. The Labute approximate surface area is 218 Å². The van der Waals surface area contributed by atoms with Crippen LogP contribution in [0.2, 0.25) is 0 Å². The molecule has 3 rings (SSSR count). The third-order valence-corrected chi connectivity index (χ3v) is 7.70. The normalized spacial score (nSPS) is 12.2. The van der Waals surface area contributed by atoms with Crippen LogP contribution in [0.3, 0.4) is 0 Å². The number of hydrogen-bond acceptors (Lipinski definition) is 4. The zero-order valence-corrected chi connectivity index (χ0v) is 22.5. The van der Waals surface area contributed by atoms with Gasteiger partial charge in [-0.25, -0.2) is 17.5 Å². The average Bonchev–Trinajstić information content (AvgIpc) is 2.91. The van der Waals surface area contributed by atoms with Gasteiger partial charge in [0, 0.05) is 12.1 Å². The minimum absolute atomic E-state index is 0. The Balaban J connectivity index is 0.00000289. The maximum Gasteiger partial charge on any atom is 1.00 e. The summed E-state index contributed by atoms with van der Waals surface area (Å²) in [5.74, 6) is -0.248. The molecule has 2 aliphatic rings. The molecule has 2 N–H and O–H groups in total. The van der Waals surface area contributed by atoms with Crippen LogP contribution in [0.15, 0.2) is 64.4 Å². The van der Waals surface area contributed by atoms with Crippen LogP contribution in [0.5, 0.6) is 0 Å². The molecular weight excluding hydrogens is 476 g/mol. The Morgan fingerprint density at radius 2 is 1.55 bits per heavy atom. The number of sulfonamides is 1. The van der Waals surface area contributed by atoms with E-state index in [-0.39, 0.29) is 53.2 Å². The number of unbranched alkanes of at least 4 members (excludes halogenated alkanes) is 1. The second-order valence-corrected chi connectivity index (χ2v) is 11.1. The first kappa shape index (κ1) is 27.9. The van der Waals surface area contributed by atoms with Crippen molar-refractivity contribution in [3.05, 3.63) is 71.5 Å². The van der Waals surface area contributed by atoms with E-state index in [0.717, 1.165) is 28.8 Å². The predicted octanol–water partition coefficient (Wildman–Crippen LogP) is 1.72. The molecule has 0 bridgehead atoms. The van der Waals surface area contributed by atoms with Crippen molar-refractivity contribution in [1.29, 1.82) is 0 Å². The van der Waals surface area contributed by atoms with E-state index in [9.17, 15) is 25.8 Å². The molecule has 0 radical (unpaired) electrons. The number of halogens is 1. The van der Waals surface area contributed by atoms with Gasteiger partial charge in [-0.15, -0.1) is 0 Å². The molecule has 0 heterocycles. The smallest absolute Gasteiger partial charge is 1.00 e. The first-order chi connectivity index (χ1) is 15.0. The molecule has 33 heavy (non-hydrogen) atoms. The van der Waals surface area contributed by atoms with Gasteiger partial charge in [0.25, 0.3) is 10.1 Å². The number of aryl methyl sites for hydroxylation is 1. The summed E-state index contributed by atoms with van der Waals surface area (Å²) in [6.45, 7) is 4.27. The molecule has 2 aliphatic carbocycles. The Morgan fingerprint density at radius 3 is 2.12 bits per heavy atom. The van der Waals surface area contributed by atoms with Gasteiger partial charge in [-0.1, -0.05) is 38.1 Å². The first-order valence-electron chi connectivity index (χ1n) is 10.3. The minimum Gasteiger partial charge on any atom is -1.00 e. The number of rotatable bonds is 9. The largest absolute Gasteiger partial charge is 1.00 e. The molecule has 1 aromatic rings. The molecule has 0 spiro atoms. The third-order valence-electron chi connectivity index (χ3n) is 5.33. The standard InChI is InChI=1S/C23H26FNO5S2.Na.H/c1-16(2)17-6-12-21-18(15-23(32(28,29)30)22(21)13-7-17)5-3-4-14-25-31(26,27)20-10-8-19(24)9-11-20;;/h6-13,15-16,25H,3-5,14H2,1-2H3,(H,28,29,30);;/q;+1;-1. The van der Waals surface area contributed by atoms with Crippen LogP contribution >= 0.6 is 0 Å². The molecule has 0 unspecified atom stereocenters. The first-order valence-corrected chi connectivity index (χ1v) is 13.2. The van der Waals surface area contributed by atoms with E-state index in [1.165, 1.54) is 18.2 Å². The summed E-state index contributed by atoms with van der Waals surface area (Å²) < 4.78 is 73.4. The molecule has 0 saturated carbocycles. The van der Waals surface area contributed by atoms with Crippen LogP contribution in [-0.2, 0) is 26.6 Å². The number of nitrogens with one attached hydrogen (secondary N) is 1. The molecule has 10 heteroatoms. The van der Waals surface area contributed by atoms with Crippen molar-refractivity contribution in [2.24, 2.45) is 0 Å². The Bertz CT molecular complexity index is 1280. The van der Waals surface area contributed by atoms with Gasteiger partial charge in [0.15, 0.2) is 0 Å². The maximum absolute atomic E-state index is 13.0. The van der Waals surface area contributed by atoms with Gasteiger partial charge in [0.05, 0.1) is 4.90 Å². The molecule has 174 valence electrons. The summed E-state index contributed by atoms with van der Waals surface area (Å²) >= 11 is 0. The second-order valence-electron chi connectivity index (χ2n) is 7.97. The van der Waals surface area contributed by atoms with Crippen molar-refractivity contribution in [3.63, 3.8) is 0 Å². The summed E-state index contributed by atoms with van der Waals surface area (Å²) in [6.07, 6.45) is 1.64. The van der Waals surface area contributed by atoms with E-state index >= 15 is 0 Å². The second kappa shape index (κ2) is 11.4. The van der Waals surface area contributed by atoms with Crippen LogP contribution in [0.25, 0.3) is 11.1 Å². The summed E-state index contributed by atoms with van der Waals surface area (Å²) in [5.41, 5.74) is 3.03. The van der Waals surface area contributed by atoms with Gasteiger partial charge in [-0.05, 0) is 72.2 Å². The fourth-order valence-corrected chi connectivity index (χ4v) is 5.37. The van der Waals surface area contributed by atoms with Gasteiger partial charge < -0.3 is 1.43 Å². The van der Waals surface area contributed by atoms with Crippen LogP contribution < -0.4 is 34.3 Å². The molecule has 0 atom stereocenters. The zero-order valence-electron chi connectivity index (χ0n) is 19.9. The summed E-state index contributed by atoms with van der Waals surface area (Å²) in [7, 11) is -8.10. The molecule has 0 aromatic heterocycles. The van der Waals surface area contributed by atoms with E-state index < -0.39 is 26.0 Å². The SMILES string of the molecule is CC(C)c1ccc2c(CCCCNS(=O)(=O)c3ccc(F)cc3)cc(S(=O)(=O)O)c-2cc1.[H-].[Na+]. The molecule has 6 nitrogen and oxygen atoms in total. The van der Waals surface area contributed by atoms with Crippen LogP contribution in [0.1, 0.15) is 45.2 Å². The number of benzene rings is 1. The van der Waals surface area contributed by atoms with Crippen LogP contribution in [0, 0.1) is 5.82 Å². The molecule has 0 fully saturated rings. The van der Waals surface area contributed by atoms with Crippen molar-refractivity contribution in [1.82, 2.24) is 4.72 Å². The van der Waals surface area contributed by atoms with Crippen molar-refractivity contribution in [2.45, 2.75) is 48.8 Å². The van der Waals surface area contributed by atoms with Gasteiger partial charge in [0.2, 0.25) is 10.0 Å². The maximum atomic E-state index is 13.0. The topological polar surface area (TPSA) is 101 Å². The van der Waals surface area contributed by atoms with Gasteiger partial charge in [0.1, 0.15) is 10.7 Å². The third kappa shape index (κ3) is 7.08. The molecule has 0 amide bonds. The van der Waals surface area contributed by atoms with Gasteiger partial charge in [-0.2, -0.15) is 8.42 Å². The van der Waals surface area contributed by atoms with Crippen LogP contribution in [-0.4, -0.2) is 27.9 Å². The summed E-state index contributed by atoms with van der Waals surface area (Å²) in [5, 5.41) is 0. The predicted molar refractivity (Wildman–Crippen MR) is 123 cm³/mol. The van der Waals surface area contributed by atoms with E-state index in [1.54, 1.807) is 6.07 Å². The fraction of sp³-hybridized carbons (Fsp3) is 0.304. The quantitative estimate of drug-likeness (QED) is 0.263. The fourth-order valence-electron chi connectivity index (χ4n) is 3.55. The van der Waals surface area contributed by atoms with Gasteiger partial charge in [-0.3, -0.25) is 4.55 Å². The van der Waals surface area contributed by atoms with Crippen LogP contribution in [0.4, 0.5) is 4.39 Å².